The van der Waals surface area contributed by atoms with Crippen molar-refractivity contribution in [1.82, 2.24) is 4.98 Å². The summed E-state index contributed by atoms with van der Waals surface area (Å²) in [6.07, 6.45) is 0. The Morgan fingerprint density at radius 1 is 0.889 bits per heavy atom. The van der Waals surface area contributed by atoms with Crippen LogP contribution in [0.4, 0.5) is 0 Å². The molecule has 0 fully saturated rings. The van der Waals surface area contributed by atoms with E-state index in [0.29, 0.717) is 0 Å². The molecule has 1 aliphatic heterocycles. The third-order valence-corrected chi connectivity index (χ3v) is 4.28. The zero-order valence-electron chi connectivity index (χ0n) is 12.4. The molecule has 1 aliphatic rings. The molecule has 2 nitrogen and oxygen atoms in total. The fourth-order valence-corrected chi connectivity index (χ4v) is 2.49. The van der Waals surface area contributed by atoms with Crippen LogP contribution in [0.2, 0.25) is 0 Å². The average Bonchev–Trinajstić information content (AvgIpc) is 2.74. The second kappa shape index (κ2) is 4.27. The van der Waals surface area contributed by atoms with Crippen molar-refractivity contribution in [2.75, 3.05) is 0 Å². The van der Waals surface area contributed by atoms with Crippen LogP contribution >= 0.6 is 0 Å². The first kappa shape index (κ1) is 12.9. The van der Waals surface area contributed by atoms with Crippen molar-refractivity contribution in [1.29, 1.82) is 0 Å². The molecule has 2 rings (SSSR count). The van der Waals surface area contributed by atoms with Gasteiger partial charge in [-0.2, -0.15) is 0 Å². The fraction of sp³-hybridized carbons (Fsp3) is 0.438. The van der Waals surface area contributed by atoms with Gasteiger partial charge in [-0.1, -0.05) is 0 Å². The lowest BCUT2D eigenvalue weighted by Gasteiger charge is -2.06. The molecular formula is C16H22N2. The molecule has 1 aromatic heterocycles. The lowest BCUT2D eigenvalue weighted by Crippen LogP contribution is -1.90. The van der Waals surface area contributed by atoms with E-state index in [-0.39, 0.29) is 0 Å². The zero-order chi connectivity index (χ0) is 13.6. The molecule has 1 aromatic rings. The summed E-state index contributed by atoms with van der Waals surface area (Å²) in [5.41, 5.74) is 11.3. The fourth-order valence-electron chi connectivity index (χ4n) is 2.49. The maximum atomic E-state index is 4.71. The van der Waals surface area contributed by atoms with Gasteiger partial charge in [-0.05, 0) is 76.3 Å². The number of H-pyrrole nitrogens is 1. The maximum Gasteiger partial charge on any atom is 0.0715 e. The normalized spacial score (nSPS) is 18.5. The average molecular weight is 242 g/mol. The van der Waals surface area contributed by atoms with Crippen LogP contribution in [0.5, 0.6) is 0 Å². The predicted molar refractivity (Wildman–Crippen MR) is 79.1 cm³/mol. The Morgan fingerprint density at radius 2 is 1.50 bits per heavy atom. The van der Waals surface area contributed by atoms with Crippen LogP contribution in [0.25, 0.3) is 5.57 Å². The number of nitrogens with one attached hydrogen (secondary N) is 1. The topological polar surface area (TPSA) is 28.1 Å². The molecule has 0 saturated heterocycles. The molecule has 0 unspecified atom stereocenters. The SMILES string of the molecule is CC1=N/C(=C(/C)c2[nH]c(C)c(C)c2C)C(C)=C1C. The summed E-state index contributed by atoms with van der Waals surface area (Å²) in [6, 6.07) is 0. The number of rotatable bonds is 1. The molecule has 0 amide bonds. The van der Waals surface area contributed by atoms with Gasteiger partial charge in [-0.25, -0.2) is 0 Å². The van der Waals surface area contributed by atoms with Gasteiger partial charge in [0.05, 0.1) is 5.70 Å². The molecule has 0 saturated carbocycles. The molecule has 2 heteroatoms. The van der Waals surface area contributed by atoms with E-state index in [0.717, 1.165) is 11.4 Å². The highest BCUT2D eigenvalue weighted by atomic mass is 14.8. The number of nitrogens with zero attached hydrogens (tertiary/aromatic N) is 1. The van der Waals surface area contributed by atoms with Crippen molar-refractivity contribution in [3.63, 3.8) is 0 Å². The van der Waals surface area contributed by atoms with Crippen molar-refractivity contribution >= 4 is 11.3 Å². The number of allylic oxidation sites excluding steroid dienone is 3. The summed E-state index contributed by atoms with van der Waals surface area (Å²) in [7, 11) is 0. The molecule has 2 heterocycles. The highest BCUT2D eigenvalue weighted by molar-refractivity contribution is 6.03. The third-order valence-electron chi connectivity index (χ3n) is 4.28. The van der Waals surface area contributed by atoms with Gasteiger partial charge in [-0.15, -0.1) is 0 Å². The van der Waals surface area contributed by atoms with Crippen LogP contribution in [-0.4, -0.2) is 10.7 Å². The minimum absolute atomic E-state index is 1.13. The Hall–Kier alpha value is -1.57. The molecular weight excluding hydrogens is 220 g/mol. The number of aliphatic imine (C=N–C) groups is 1. The molecule has 18 heavy (non-hydrogen) atoms. The first-order chi connectivity index (χ1) is 8.34. The highest BCUT2D eigenvalue weighted by Crippen LogP contribution is 2.33. The van der Waals surface area contributed by atoms with Crippen molar-refractivity contribution in [3.05, 3.63) is 39.4 Å². The van der Waals surface area contributed by atoms with E-state index in [1.165, 1.54) is 39.2 Å². The van der Waals surface area contributed by atoms with E-state index >= 15 is 0 Å². The Bertz CT molecular complexity index is 607. The summed E-state index contributed by atoms with van der Waals surface area (Å²) >= 11 is 0. The van der Waals surface area contributed by atoms with E-state index in [9.17, 15) is 0 Å². The highest BCUT2D eigenvalue weighted by Gasteiger charge is 2.19. The van der Waals surface area contributed by atoms with Gasteiger partial charge < -0.3 is 4.98 Å². The number of hydrogen-bond donors (Lipinski definition) is 1. The lowest BCUT2D eigenvalue weighted by atomic mass is 10.0. The van der Waals surface area contributed by atoms with E-state index < -0.39 is 0 Å². The van der Waals surface area contributed by atoms with Gasteiger partial charge in [0, 0.05) is 17.1 Å². The van der Waals surface area contributed by atoms with Crippen LogP contribution in [-0.2, 0) is 0 Å². The smallest absolute Gasteiger partial charge is 0.0715 e. The Balaban J connectivity index is 2.63. The van der Waals surface area contributed by atoms with Crippen LogP contribution in [0.1, 0.15) is 50.2 Å². The summed E-state index contributed by atoms with van der Waals surface area (Å²) in [5.74, 6) is 0. The van der Waals surface area contributed by atoms with Crippen molar-refractivity contribution in [3.8, 4) is 0 Å². The van der Waals surface area contributed by atoms with Gasteiger partial charge in [0.2, 0.25) is 0 Å². The summed E-state index contributed by atoms with van der Waals surface area (Å²) in [4.78, 5) is 8.20. The maximum absolute atomic E-state index is 4.71. The molecule has 0 bridgehead atoms. The second-order valence-electron chi connectivity index (χ2n) is 5.30. The number of hydrogen-bond acceptors (Lipinski definition) is 1. The molecule has 0 aromatic carbocycles. The van der Waals surface area contributed by atoms with Crippen LogP contribution < -0.4 is 0 Å². The van der Waals surface area contributed by atoms with Gasteiger partial charge in [0.25, 0.3) is 0 Å². The standard InChI is InChI=1S/C16H22N2/c1-8-10(3)15(17-13(8)6)12(5)16-11(4)9(2)14(7)18-16/h17H,1-7H3/b16-12-. The zero-order valence-corrected chi connectivity index (χ0v) is 12.4. The quantitative estimate of drug-likeness (QED) is 0.752. The Labute approximate surface area is 110 Å². The van der Waals surface area contributed by atoms with Crippen LogP contribution in [0.15, 0.2) is 21.8 Å². The minimum atomic E-state index is 1.13. The van der Waals surface area contributed by atoms with Crippen molar-refractivity contribution < 1.29 is 0 Å². The first-order valence-electron chi connectivity index (χ1n) is 6.45. The van der Waals surface area contributed by atoms with Crippen LogP contribution in [0.3, 0.4) is 0 Å². The summed E-state index contributed by atoms with van der Waals surface area (Å²) < 4.78 is 0. The minimum Gasteiger partial charge on any atom is -0.358 e. The first-order valence-corrected chi connectivity index (χ1v) is 6.45. The van der Waals surface area contributed by atoms with E-state index in [1.54, 1.807) is 0 Å². The predicted octanol–water partition coefficient (Wildman–Crippen LogP) is 4.48. The lowest BCUT2D eigenvalue weighted by molar-refractivity contribution is 1.19. The summed E-state index contributed by atoms with van der Waals surface area (Å²) in [6.45, 7) is 15.0. The van der Waals surface area contributed by atoms with Gasteiger partial charge in [0.1, 0.15) is 0 Å². The molecule has 0 atom stereocenters. The molecule has 1 N–H and O–H groups in total. The monoisotopic (exact) mass is 242 g/mol. The van der Waals surface area contributed by atoms with Crippen molar-refractivity contribution in [2.45, 2.75) is 48.5 Å². The number of aromatic nitrogens is 1. The van der Waals surface area contributed by atoms with Gasteiger partial charge >= 0.3 is 0 Å². The molecule has 96 valence electrons. The van der Waals surface area contributed by atoms with Crippen molar-refractivity contribution in [2.24, 2.45) is 4.99 Å². The van der Waals surface area contributed by atoms with Crippen LogP contribution in [0, 0.1) is 20.8 Å². The molecule has 0 radical (unpaired) electrons. The Morgan fingerprint density at radius 3 is 1.89 bits per heavy atom. The van der Waals surface area contributed by atoms with Gasteiger partial charge in [0.15, 0.2) is 0 Å². The van der Waals surface area contributed by atoms with E-state index in [1.807, 2.05) is 0 Å². The number of aromatic amines is 1. The summed E-state index contributed by atoms with van der Waals surface area (Å²) in [5, 5.41) is 0. The number of aryl methyl sites for hydroxylation is 1. The molecule has 0 spiro atoms. The Kier molecular flexibility index (Phi) is 3.05. The second-order valence-corrected chi connectivity index (χ2v) is 5.30. The van der Waals surface area contributed by atoms with Gasteiger partial charge in [-0.3, -0.25) is 4.99 Å². The van der Waals surface area contributed by atoms with E-state index in [4.69, 9.17) is 4.99 Å². The largest absolute Gasteiger partial charge is 0.358 e. The molecule has 0 aliphatic carbocycles. The third kappa shape index (κ3) is 1.76. The van der Waals surface area contributed by atoms with E-state index in [2.05, 4.69) is 53.5 Å².